The van der Waals surface area contributed by atoms with Crippen LogP contribution in [0.5, 0.6) is 11.5 Å². The number of nitrogens with two attached hydrogens (primary N) is 3. The number of hydrogen-bond acceptors (Lipinski definition) is 13. The van der Waals surface area contributed by atoms with Gasteiger partial charge >= 0.3 is 0 Å². The molecule has 0 saturated heterocycles. The Morgan fingerprint density at radius 1 is 0.984 bits per heavy atom. The topological polar surface area (TPSA) is 283 Å². The largest absolute Gasteiger partial charge is 0.492 e. The van der Waals surface area contributed by atoms with Crippen molar-refractivity contribution in [2.24, 2.45) is 22.6 Å². The molecule has 0 aliphatic carbocycles. The molecule has 5 amide bonds. The van der Waals surface area contributed by atoms with E-state index in [1.165, 1.54) is 25.1 Å². The Morgan fingerprint density at radius 2 is 1.64 bits per heavy atom. The predicted octanol–water partition coefficient (Wildman–Crippen LogP) is 0.357. The molecule has 10 N–H and O–H groups in total. The summed E-state index contributed by atoms with van der Waals surface area (Å²) in [6, 6.07) is 6.98. The van der Waals surface area contributed by atoms with Crippen LogP contribution in [0.3, 0.4) is 0 Å². The average Bonchev–Trinajstić information content (AvgIpc) is 3.22. The standard InChI is InChI=1S/C43H55N11O7/c1-25-31(24-49-36(50-25)11-13-43(3,4)5)39(56)52-32(12-14-44)42(59)54(6)37-28-8-10-35(61-20-17-47)30(23-28)29-21-27(7-9-34(29)60-19-16-46)22-33(40(57)48-18-15-45)53-38(55)26(2)51-41(37)58/h7-10,21,23-24,26,32-33,37H,12,14,16-20,22,44,46-47H2,1-6H3,(H,48,57)(H,51,58)(H,52,56)(H,53,55)/t26-,32-,33-,37-/m0/s1. The Bertz CT molecular complexity index is 2210. The number of aryl methyl sites for hydroxylation is 1. The van der Waals surface area contributed by atoms with E-state index in [0.717, 1.165) is 0 Å². The Balaban J connectivity index is 1.84. The molecule has 4 rings (SSSR count). The molecule has 0 unspecified atom stereocenters. The van der Waals surface area contributed by atoms with Crippen molar-refractivity contribution < 1.29 is 33.4 Å². The van der Waals surface area contributed by atoms with E-state index >= 15 is 0 Å². The summed E-state index contributed by atoms with van der Waals surface area (Å²) in [7, 11) is 1.40. The molecule has 0 fully saturated rings. The first-order chi connectivity index (χ1) is 29.0. The molecule has 2 aromatic carbocycles. The molecule has 4 atom stereocenters. The fraction of sp³-hybridized carbons (Fsp3) is 0.442. The van der Waals surface area contributed by atoms with Crippen LogP contribution in [0, 0.1) is 35.5 Å². The highest BCUT2D eigenvalue weighted by Crippen LogP contribution is 2.40. The summed E-state index contributed by atoms with van der Waals surface area (Å²) in [6.45, 7) is 9.26. The van der Waals surface area contributed by atoms with Gasteiger partial charge in [-0.15, -0.1) is 0 Å². The molecule has 18 heteroatoms. The number of amides is 5. The van der Waals surface area contributed by atoms with Crippen LogP contribution in [0.4, 0.5) is 0 Å². The first-order valence-electron chi connectivity index (χ1n) is 19.8. The molecular formula is C43H55N11O7. The van der Waals surface area contributed by atoms with Gasteiger partial charge in [0.1, 0.15) is 55.4 Å². The van der Waals surface area contributed by atoms with E-state index in [1.807, 2.05) is 26.8 Å². The summed E-state index contributed by atoms with van der Waals surface area (Å²) in [5.41, 5.74) is 19.6. The number of rotatable bonds is 14. The van der Waals surface area contributed by atoms with Gasteiger partial charge in [-0.2, -0.15) is 5.26 Å². The van der Waals surface area contributed by atoms with Gasteiger partial charge in [-0.3, -0.25) is 24.0 Å². The van der Waals surface area contributed by atoms with Crippen molar-refractivity contribution in [3.05, 3.63) is 70.8 Å². The van der Waals surface area contributed by atoms with Crippen LogP contribution in [0.15, 0.2) is 42.6 Å². The summed E-state index contributed by atoms with van der Waals surface area (Å²) in [5.74, 6) is 3.57. The molecule has 61 heavy (non-hydrogen) atoms. The number of ether oxygens (including phenoxy) is 2. The molecule has 2 heterocycles. The third kappa shape index (κ3) is 12.7. The van der Waals surface area contributed by atoms with Crippen LogP contribution in [0.2, 0.25) is 0 Å². The zero-order valence-electron chi connectivity index (χ0n) is 35.4. The minimum atomic E-state index is -1.40. The normalized spacial score (nSPS) is 16.8. The highest BCUT2D eigenvalue weighted by Gasteiger charge is 2.36. The number of nitrogens with one attached hydrogen (secondary N) is 4. The molecule has 1 aromatic heterocycles. The lowest BCUT2D eigenvalue weighted by atomic mass is 9.93. The zero-order chi connectivity index (χ0) is 44.9. The van der Waals surface area contributed by atoms with E-state index in [2.05, 4.69) is 43.1 Å². The molecule has 4 bridgehead atoms. The van der Waals surface area contributed by atoms with Gasteiger partial charge < -0.3 is 52.8 Å². The smallest absolute Gasteiger partial charge is 0.255 e. The number of nitriles is 1. The molecule has 1 aliphatic rings. The van der Waals surface area contributed by atoms with Crippen molar-refractivity contribution in [1.82, 2.24) is 36.1 Å². The predicted molar refractivity (Wildman–Crippen MR) is 226 cm³/mol. The van der Waals surface area contributed by atoms with Crippen LogP contribution in [-0.2, 0) is 25.6 Å². The number of carbonyl (C=O) groups is 5. The van der Waals surface area contributed by atoms with Crippen molar-refractivity contribution in [2.45, 2.75) is 71.6 Å². The lowest BCUT2D eigenvalue weighted by Gasteiger charge is -2.32. The van der Waals surface area contributed by atoms with Crippen LogP contribution >= 0.6 is 0 Å². The van der Waals surface area contributed by atoms with Crippen molar-refractivity contribution >= 4 is 29.5 Å². The lowest BCUT2D eigenvalue weighted by molar-refractivity contribution is -0.141. The second-order valence-electron chi connectivity index (χ2n) is 15.4. The van der Waals surface area contributed by atoms with Crippen LogP contribution in [0.25, 0.3) is 11.1 Å². The number of nitrogens with zero attached hydrogens (tertiary/aromatic N) is 4. The average molecular weight is 838 g/mol. The number of hydrogen-bond donors (Lipinski definition) is 7. The van der Waals surface area contributed by atoms with Crippen molar-refractivity contribution in [3.8, 4) is 40.5 Å². The molecule has 3 aromatic rings. The van der Waals surface area contributed by atoms with Crippen LogP contribution in [0.1, 0.15) is 73.2 Å². The van der Waals surface area contributed by atoms with E-state index in [1.54, 1.807) is 43.3 Å². The Morgan fingerprint density at radius 3 is 2.25 bits per heavy atom. The molecule has 18 nitrogen and oxygen atoms in total. The maximum absolute atomic E-state index is 14.5. The molecule has 0 spiro atoms. The fourth-order valence-electron chi connectivity index (χ4n) is 6.36. The number of fused-ring (bicyclic) bond motifs is 5. The molecular weight excluding hydrogens is 783 g/mol. The van der Waals surface area contributed by atoms with Crippen molar-refractivity contribution in [1.29, 1.82) is 5.26 Å². The number of likely N-dealkylation sites (N-methyl/N-ethyl adjacent to an activating group) is 1. The highest BCUT2D eigenvalue weighted by molar-refractivity contribution is 5.99. The fourth-order valence-corrected chi connectivity index (χ4v) is 6.36. The Labute approximate surface area is 355 Å². The van der Waals surface area contributed by atoms with E-state index in [0.29, 0.717) is 39.4 Å². The van der Waals surface area contributed by atoms with Gasteiger partial charge in [0.25, 0.3) is 5.91 Å². The number of benzene rings is 2. The summed E-state index contributed by atoms with van der Waals surface area (Å²) in [4.78, 5) is 79.4. The van der Waals surface area contributed by atoms with E-state index < -0.39 is 53.7 Å². The first kappa shape index (κ1) is 47.1. The monoisotopic (exact) mass is 837 g/mol. The summed E-state index contributed by atoms with van der Waals surface area (Å²) in [5, 5.41) is 19.8. The van der Waals surface area contributed by atoms with Gasteiger partial charge in [-0.25, -0.2) is 9.97 Å². The van der Waals surface area contributed by atoms with Crippen LogP contribution in [-0.4, -0.2) is 109 Å². The van der Waals surface area contributed by atoms with Gasteiger partial charge in [0.05, 0.1) is 17.3 Å². The molecule has 1 aliphatic heterocycles. The van der Waals surface area contributed by atoms with Gasteiger partial charge in [0.2, 0.25) is 29.5 Å². The van der Waals surface area contributed by atoms with Gasteiger partial charge in [0, 0.05) is 49.3 Å². The Hall–Kier alpha value is -6.60. The number of carbonyl (C=O) groups excluding carboxylic acids is 5. The third-order valence-electron chi connectivity index (χ3n) is 9.39. The second-order valence-corrected chi connectivity index (χ2v) is 15.4. The maximum Gasteiger partial charge on any atom is 0.255 e. The molecule has 0 saturated carbocycles. The molecule has 324 valence electrons. The van der Waals surface area contributed by atoms with Gasteiger partial charge in [-0.1, -0.05) is 18.1 Å². The SMILES string of the molecule is Cc1nc(C#CC(C)(C)C)ncc1C(=O)N[C@@H](CCN)C(=O)N(C)[C@@H]1C(=O)N[C@@H](C)C(=O)N[C@H](C(=O)NCC#N)Cc2ccc(OCCN)c(c2)-c2cc1ccc2OCCN. The highest BCUT2D eigenvalue weighted by atomic mass is 16.5. The van der Waals surface area contributed by atoms with E-state index in [-0.39, 0.29) is 69.0 Å². The van der Waals surface area contributed by atoms with Crippen molar-refractivity contribution in [3.63, 3.8) is 0 Å². The second kappa shape index (κ2) is 21.6. The van der Waals surface area contributed by atoms with E-state index in [9.17, 15) is 24.0 Å². The minimum absolute atomic E-state index is 0.00171. The summed E-state index contributed by atoms with van der Waals surface area (Å²) in [6.07, 6.45) is 1.34. The minimum Gasteiger partial charge on any atom is -0.492 e. The van der Waals surface area contributed by atoms with Crippen molar-refractivity contribution in [2.75, 3.05) is 46.4 Å². The van der Waals surface area contributed by atoms with E-state index in [4.69, 9.17) is 31.9 Å². The number of aromatic nitrogens is 2. The lowest BCUT2D eigenvalue weighted by Crippen LogP contribution is -2.56. The maximum atomic E-state index is 14.5. The first-order valence-corrected chi connectivity index (χ1v) is 19.8. The molecule has 0 radical (unpaired) electrons. The quantitative estimate of drug-likeness (QED) is 0.0854. The summed E-state index contributed by atoms with van der Waals surface area (Å²) < 4.78 is 12.1. The summed E-state index contributed by atoms with van der Waals surface area (Å²) >= 11 is 0. The van der Waals surface area contributed by atoms with Gasteiger partial charge in [-0.05, 0) is 88.9 Å². The van der Waals surface area contributed by atoms with Gasteiger partial charge in [0.15, 0.2) is 0 Å². The van der Waals surface area contributed by atoms with Crippen LogP contribution < -0.4 is 47.9 Å². The zero-order valence-corrected chi connectivity index (χ0v) is 35.4. The third-order valence-corrected chi connectivity index (χ3v) is 9.39. The Kier molecular flexibility index (Phi) is 16.7.